The summed E-state index contributed by atoms with van der Waals surface area (Å²) < 4.78 is 0. The van der Waals surface area contributed by atoms with Crippen molar-refractivity contribution in [1.29, 1.82) is 0 Å². The average Bonchev–Trinajstić information content (AvgIpc) is 3.39. The molecule has 0 fully saturated rings. The molecule has 168 valence electrons. The Balaban J connectivity index is 1.59. The fourth-order valence-corrected chi connectivity index (χ4v) is 5.65. The van der Waals surface area contributed by atoms with E-state index in [-0.39, 0.29) is 0 Å². The van der Waals surface area contributed by atoms with Crippen molar-refractivity contribution >= 4 is 61.8 Å². The topological polar surface area (TPSA) is 43.7 Å². The molecule has 0 radical (unpaired) electrons. The van der Waals surface area contributed by atoms with E-state index >= 15 is 0 Å². The number of anilines is 3. The smallest absolute Gasteiger partial charge is 0.423 e. The molecule has 0 unspecified atom stereocenters. The largest absolute Gasteiger partial charge is 0.488 e. The second-order valence-electron chi connectivity index (χ2n) is 8.47. The summed E-state index contributed by atoms with van der Waals surface area (Å²) in [7, 11) is -1.49. The third kappa shape index (κ3) is 4.00. The van der Waals surface area contributed by atoms with Crippen LogP contribution >= 0.6 is 11.3 Å². The molecule has 0 atom stereocenters. The van der Waals surface area contributed by atoms with Gasteiger partial charge in [0.2, 0.25) is 0 Å². The Hall–Kier alpha value is -3.90. The zero-order chi connectivity index (χ0) is 23.8. The quantitative estimate of drug-likeness (QED) is 0.213. The molecule has 2 N–H and O–H groups in total. The number of rotatable bonds is 5. The number of benzene rings is 5. The predicted octanol–water partition coefficient (Wildman–Crippen LogP) is 6.87. The average molecular weight is 471 g/mol. The normalized spacial score (nSPS) is 11.1. The molecule has 3 nitrogen and oxygen atoms in total. The Morgan fingerprint density at radius 2 is 1.26 bits per heavy atom. The van der Waals surface area contributed by atoms with Gasteiger partial charge in [0.05, 0.1) is 5.69 Å². The fourth-order valence-electron chi connectivity index (χ4n) is 4.61. The zero-order valence-electron chi connectivity index (χ0n) is 18.9. The second kappa shape index (κ2) is 9.04. The molecule has 1 aromatic heterocycles. The molecule has 0 aliphatic heterocycles. The monoisotopic (exact) mass is 471 g/mol. The summed E-state index contributed by atoms with van der Waals surface area (Å²) in [6.45, 7) is 0. The summed E-state index contributed by atoms with van der Waals surface area (Å²) >= 11 is 1.74. The van der Waals surface area contributed by atoms with Crippen molar-refractivity contribution in [3.63, 3.8) is 0 Å². The van der Waals surface area contributed by atoms with Gasteiger partial charge in [0.15, 0.2) is 0 Å². The maximum atomic E-state index is 9.62. The summed E-state index contributed by atoms with van der Waals surface area (Å²) in [4.78, 5) is 3.46. The van der Waals surface area contributed by atoms with Crippen LogP contribution in [0, 0.1) is 0 Å². The molecule has 5 aromatic carbocycles. The summed E-state index contributed by atoms with van der Waals surface area (Å²) in [5.41, 5.74) is 3.69. The maximum absolute atomic E-state index is 9.62. The molecule has 0 amide bonds. The first-order valence-corrected chi connectivity index (χ1v) is 12.3. The molecule has 0 saturated heterocycles. The third-order valence-electron chi connectivity index (χ3n) is 6.31. The lowest BCUT2D eigenvalue weighted by Gasteiger charge is -2.26. The van der Waals surface area contributed by atoms with Gasteiger partial charge >= 0.3 is 7.12 Å². The van der Waals surface area contributed by atoms with E-state index in [0.717, 1.165) is 21.8 Å². The Labute approximate surface area is 208 Å². The van der Waals surface area contributed by atoms with Crippen LogP contribution in [0.4, 0.5) is 16.4 Å². The van der Waals surface area contributed by atoms with E-state index in [0.29, 0.717) is 5.46 Å². The number of hydrogen-bond acceptors (Lipinski definition) is 4. The first-order valence-electron chi connectivity index (χ1n) is 11.5. The van der Waals surface area contributed by atoms with E-state index in [9.17, 15) is 10.0 Å². The van der Waals surface area contributed by atoms with Crippen LogP contribution in [0.5, 0.6) is 0 Å². The van der Waals surface area contributed by atoms with Gasteiger partial charge in [0, 0.05) is 16.0 Å². The van der Waals surface area contributed by atoms with Crippen molar-refractivity contribution < 1.29 is 10.0 Å². The molecular formula is C30H22BNO2S. The van der Waals surface area contributed by atoms with Gasteiger partial charge in [-0.3, -0.25) is 0 Å². The van der Waals surface area contributed by atoms with Crippen molar-refractivity contribution in [2.24, 2.45) is 0 Å². The molecule has 35 heavy (non-hydrogen) atoms. The lowest BCUT2D eigenvalue weighted by molar-refractivity contribution is 0.426. The van der Waals surface area contributed by atoms with Crippen molar-refractivity contribution in [3.8, 4) is 10.4 Å². The van der Waals surface area contributed by atoms with E-state index in [2.05, 4.69) is 95.9 Å². The van der Waals surface area contributed by atoms with E-state index in [1.54, 1.807) is 23.5 Å². The van der Waals surface area contributed by atoms with Crippen molar-refractivity contribution in [3.05, 3.63) is 121 Å². The van der Waals surface area contributed by atoms with Gasteiger partial charge in [0.1, 0.15) is 5.00 Å². The highest BCUT2D eigenvalue weighted by Crippen LogP contribution is 2.45. The molecule has 0 saturated carbocycles. The molecule has 5 heteroatoms. The van der Waals surface area contributed by atoms with Crippen LogP contribution in [-0.4, -0.2) is 17.2 Å². The van der Waals surface area contributed by atoms with E-state index in [4.69, 9.17) is 0 Å². The van der Waals surface area contributed by atoms with Gasteiger partial charge in [-0.2, -0.15) is 0 Å². The highest BCUT2D eigenvalue weighted by molar-refractivity contribution is 7.19. The predicted molar refractivity (Wildman–Crippen MR) is 149 cm³/mol. The van der Waals surface area contributed by atoms with Crippen molar-refractivity contribution in [1.82, 2.24) is 0 Å². The van der Waals surface area contributed by atoms with Crippen LogP contribution in [0.15, 0.2) is 121 Å². The summed E-state index contributed by atoms with van der Waals surface area (Å²) in [5, 5.41) is 25.1. The van der Waals surface area contributed by atoms with Gasteiger partial charge < -0.3 is 14.9 Å². The lowest BCUT2D eigenvalue weighted by Crippen LogP contribution is -2.29. The Kier molecular flexibility index (Phi) is 5.59. The van der Waals surface area contributed by atoms with Gasteiger partial charge in [-0.15, -0.1) is 11.3 Å². The third-order valence-corrected chi connectivity index (χ3v) is 7.43. The minimum atomic E-state index is -1.49. The van der Waals surface area contributed by atoms with Crippen LogP contribution in [0.2, 0.25) is 0 Å². The zero-order valence-corrected chi connectivity index (χ0v) is 19.7. The molecule has 0 bridgehead atoms. The first-order chi connectivity index (χ1) is 17.2. The Morgan fingerprint density at radius 1 is 0.600 bits per heavy atom. The fraction of sp³-hybridized carbons (Fsp3) is 0. The maximum Gasteiger partial charge on any atom is 0.488 e. The highest BCUT2D eigenvalue weighted by atomic mass is 32.1. The highest BCUT2D eigenvalue weighted by Gasteiger charge is 2.20. The molecule has 1 heterocycles. The van der Waals surface area contributed by atoms with Gasteiger partial charge in [-0.05, 0) is 57.5 Å². The van der Waals surface area contributed by atoms with Crippen LogP contribution in [-0.2, 0) is 0 Å². The Morgan fingerprint density at radius 3 is 2.00 bits per heavy atom. The Bertz CT molecular complexity index is 1630. The minimum Gasteiger partial charge on any atom is -0.423 e. The minimum absolute atomic E-state index is 0.466. The standard InChI is InChI=1S/C30H22BNO2S/c33-31(34)23-14-16-24(17-15-23)32(30-19-18-29(35-30)21-8-2-1-3-9-21)28-20-22-10-4-5-11-25(22)26-12-6-7-13-27(26)28/h1-20,33-34H. The molecule has 6 aromatic rings. The molecule has 0 aliphatic carbocycles. The van der Waals surface area contributed by atoms with Crippen LogP contribution in [0.3, 0.4) is 0 Å². The number of hydrogen-bond donors (Lipinski definition) is 2. The lowest BCUT2D eigenvalue weighted by atomic mass is 9.80. The van der Waals surface area contributed by atoms with Gasteiger partial charge in [0.25, 0.3) is 0 Å². The van der Waals surface area contributed by atoms with Gasteiger partial charge in [-0.1, -0.05) is 91.0 Å². The summed E-state index contributed by atoms with van der Waals surface area (Å²) in [6.07, 6.45) is 0. The molecule has 6 rings (SSSR count). The second-order valence-corrected chi connectivity index (χ2v) is 9.53. The SMILES string of the molecule is OB(O)c1ccc(N(c2ccc(-c3ccccc3)s2)c2cc3ccccc3c3ccccc23)cc1. The number of nitrogens with zero attached hydrogens (tertiary/aromatic N) is 1. The molecule has 0 spiro atoms. The number of thiophene rings is 1. The molecular weight excluding hydrogens is 449 g/mol. The van der Waals surface area contributed by atoms with Gasteiger partial charge in [-0.25, -0.2) is 0 Å². The molecule has 0 aliphatic rings. The van der Waals surface area contributed by atoms with E-state index < -0.39 is 7.12 Å². The van der Waals surface area contributed by atoms with Crippen LogP contribution in [0.1, 0.15) is 0 Å². The summed E-state index contributed by atoms with van der Waals surface area (Å²) in [6, 6.07) is 41.4. The first kappa shape index (κ1) is 21.6. The van der Waals surface area contributed by atoms with Crippen LogP contribution in [0.25, 0.3) is 32.0 Å². The van der Waals surface area contributed by atoms with Crippen molar-refractivity contribution in [2.75, 3.05) is 4.90 Å². The number of fused-ring (bicyclic) bond motifs is 3. The van der Waals surface area contributed by atoms with Crippen molar-refractivity contribution in [2.45, 2.75) is 0 Å². The summed E-state index contributed by atoms with van der Waals surface area (Å²) in [5.74, 6) is 0. The van der Waals surface area contributed by atoms with Crippen LogP contribution < -0.4 is 10.4 Å². The van der Waals surface area contributed by atoms with E-state index in [1.165, 1.54) is 26.6 Å². The van der Waals surface area contributed by atoms with E-state index in [1.807, 2.05) is 18.2 Å².